The predicted molar refractivity (Wildman–Crippen MR) is 106 cm³/mol. The molecule has 1 aromatic carbocycles. The van der Waals surface area contributed by atoms with Crippen LogP contribution in [0.1, 0.15) is 45.0 Å². The Bertz CT molecular complexity index is 877. The van der Waals surface area contributed by atoms with E-state index in [0.29, 0.717) is 22.0 Å². The maximum absolute atomic E-state index is 13.0. The molecule has 0 radical (unpaired) electrons. The molecule has 0 spiro atoms. The topological polar surface area (TPSA) is 76.9 Å². The minimum absolute atomic E-state index is 0.145. The van der Waals surface area contributed by atoms with Gasteiger partial charge in [0.25, 0.3) is 5.91 Å². The number of ether oxygens (including phenoxy) is 1. The van der Waals surface area contributed by atoms with Crippen molar-refractivity contribution in [3.8, 4) is 0 Å². The molecule has 1 heterocycles. The molecule has 0 aliphatic carbocycles. The molecule has 0 bridgehead atoms. The van der Waals surface area contributed by atoms with Crippen molar-refractivity contribution in [2.45, 2.75) is 27.3 Å². The highest BCUT2D eigenvalue weighted by molar-refractivity contribution is 7.18. The summed E-state index contributed by atoms with van der Waals surface area (Å²) in [4.78, 5) is 37.9. The van der Waals surface area contributed by atoms with Gasteiger partial charge in [-0.3, -0.25) is 9.59 Å². The summed E-state index contributed by atoms with van der Waals surface area (Å²) >= 11 is 1.08. The molecule has 0 saturated heterocycles. The zero-order chi connectivity index (χ0) is 20.8. The van der Waals surface area contributed by atoms with Crippen LogP contribution in [0.25, 0.3) is 0 Å². The number of esters is 1. The fourth-order valence-electron chi connectivity index (χ4n) is 2.84. The average Bonchev–Trinajstić information content (AvgIpc) is 2.93. The summed E-state index contributed by atoms with van der Waals surface area (Å²) in [5.74, 6) is -1.33. The molecule has 0 aliphatic heterocycles. The van der Waals surface area contributed by atoms with Gasteiger partial charge in [-0.1, -0.05) is 12.1 Å². The van der Waals surface area contributed by atoms with Gasteiger partial charge in [-0.05, 0) is 38.5 Å². The molecule has 1 unspecified atom stereocenters. The molecule has 2 rings (SSSR count). The van der Waals surface area contributed by atoms with Crippen LogP contribution < -0.4 is 10.2 Å². The number of halogens is 1. The Labute approximate surface area is 167 Å². The number of carbonyl (C=O) groups is 3. The lowest BCUT2D eigenvalue weighted by Crippen LogP contribution is -3.08. The first-order chi connectivity index (χ1) is 13.2. The smallest absolute Gasteiger partial charge is 0.341 e. The van der Waals surface area contributed by atoms with E-state index in [0.717, 1.165) is 21.8 Å². The molecule has 1 atom stereocenters. The van der Waals surface area contributed by atoms with Gasteiger partial charge in [0.05, 0.1) is 24.1 Å². The number of amides is 1. The highest BCUT2D eigenvalue weighted by Crippen LogP contribution is 2.34. The zero-order valence-corrected chi connectivity index (χ0v) is 17.2. The van der Waals surface area contributed by atoms with Crippen molar-refractivity contribution in [1.29, 1.82) is 0 Å². The van der Waals surface area contributed by atoms with Crippen LogP contribution in [-0.2, 0) is 16.1 Å². The molecule has 2 N–H and O–H groups in total. The Morgan fingerprint density at radius 3 is 2.43 bits per heavy atom. The lowest BCUT2D eigenvalue weighted by Gasteiger charge is -2.14. The molecule has 8 heteroatoms. The van der Waals surface area contributed by atoms with Gasteiger partial charge in [-0.15, -0.1) is 11.3 Å². The largest absolute Gasteiger partial charge is 0.462 e. The van der Waals surface area contributed by atoms with E-state index < -0.39 is 5.97 Å². The highest BCUT2D eigenvalue weighted by atomic mass is 32.1. The van der Waals surface area contributed by atoms with Crippen LogP contribution >= 0.6 is 11.3 Å². The van der Waals surface area contributed by atoms with Gasteiger partial charge in [0.2, 0.25) is 0 Å². The first-order valence-corrected chi connectivity index (χ1v) is 9.71. The monoisotopic (exact) mass is 407 g/mol. The van der Waals surface area contributed by atoms with E-state index >= 15 is 0 Å². The average molecular weight is 407 g/mol. The van der Waals surface area contributed by atoms with E-state index in [1.54, 1.807) is 26.0 Å². The van der Waals surface area contributed by atoms with Crippen LogP contribution in [0.5, 0.6) is 0 Å². The van der Waals surface area contributed by atoms with Gasteiger partial charge >= 0.3 is 5.97 Å². The lowest BCUT2D eigenvalue weighted by atomic mass is 10.1. The van der Waals surface area contributed by atoms with Crippen molar-refractivity contribution in [2.24, 2.45) is 0 Å². The second kappa shape index (κ2) is 9.57. The number of quaternary nitrogens is 1. The number of anilines is 1. The van der Waals surface area contributed by atoms with Crippen LogP contribution in [0.2, 0.25) is 0 Å². The second-order valence-electron chi connectivity index (χ2n) is 6.52. The first-order valence-electron chi connectivity index (χ1n) is 8.90. The van der Waals surface area contributed by atoms with Crippen LogP contribution in [0.4, 0.5) is 9.39 Å². The van der Waals surface area contributed by atoms with Gasteiger partial charge in [0, 0.05) is 5.56 Å². The standard InChI is InChI=1S/C20H23FN2O4S/c1-5-27-20(26)17-12(2)18(13(3)24)28-19(17)22-16(25)11-23(4)10-14-6-8-15(21)9-7-14/h6-9H,5,10-11H2,1-4H3,(H,22,25)/p+1. The number of ketones is 1. The van der Waals surface area contributed by atoms with Crippen LogP contribution in [0.3, 0.4) is 0 Å². The van der Waals surface area contributed by atoms with Crippen molar-refractivity contribution in [1.82, 2.24) is 0 Å². The maximum atomic E-state index is 13.0. The summed E-state index contributed by atoms with van der Waals surface area (Å²) in [7, 11) is 1.84. The van der Waals surface area contributed by atoms with E-state index in [9.17, 15) is 18.8 Å². The molecule has 0 fully saturated rings. The predicted octanol–water partition coefficient (Wildman–Crippen LogP) is 2.23. The van der Waals surface area contributed by atoms with Crippen molar-refractivity contribution < 1.29 is 28.4 Å². The number of likely N-dealkylation sites (N-methyl/N-ethyl adjacent to an activating group) is 1. The first kappa shape index (κ1) is 21.7. The Balaban J connectivity index is 2.11. The number of hydrogen-bond donors (Lipinski definition) is 2. The van der Waals surface area contributed by atoms with Crippen LogP contribution in [0.15, 0.2) is 24.3 Å². The van der Waals surface area contributed by atoms with Crippen molar-refractivity contribution in [2.75, 3.05) is 25.5 Å². The fourth-order valence-corrected chi connectivity index (χ4v) is 3.95. The van der Waals surface area contributed by atoms with Gasteiger partial charge in [-0.2, -0.15) is 0 Å². The van der Waals surface area contributed by atoms with Crippen molar-refractivity contribution in [3.05, 3.63) is 51.7 Å². The summed E-state index contributed by atoms with van der Waals surface area (Å²) in [6, 6.07) is 6.12. The number of nitrogens with one attached hydrogen (secondary N) is 2. The van der Waals surface area contributed by atoms with E-state index in [4.69, 9.17) is 4.74 Å². The van der Waals surface area contributed by atoms with Gasteiger partial charge in [-0.25, -0.2) is 9.18 Å². The van der Waals surface area contributed by atoms with Crippen molar-refractivity contribution in [3.63, 3.8) is 0 Å². The molecule has 1 amide bonds. The molecule has 1 aromatic heterocycles. The molecule has 0 aliphatic rings. The molecule has 6 nitrogen and oxygen atoms in total. The highest BCUT2D eigenvalue weighted by Gasteiger charge is 2.25. The molecule has 28 heavy (non-hydrogen) atoms. The summed E-state index contributed by atoms with van der Waals surface area (Å²) in [5.41, 5.74) is 1.64. The zero-order valence-electron chi connectivity index (χ0n) is 16.3. The van der Waals surface area contributed by atoms with E-state index in [-0.39, 0.29) is 36.2 Å². The Morgan fingerprint density at radius 1 is 1.21 bits per heavy atom. The number of thiophene rings is 1. The van der Waals surface area contributed by atoms with Crippen LogP contribution in [-0.4, -0.2) is 37.9 Å². The SMILES string of the molecule is CCOC(=O)c1c(NC(=O)C[NH+](C)Cc2ccc(F)cc2)sc(C(C)=O)c1C. The summed E-state index contributed by atoms with van der Waals surface area (Å²) in [6.45, 7) is 5.66. The minimum atomic E-state index is -0.564. The molecular formula is C20H24FN2O4S+. The number of Topliss-reactive ketones (excluding diaryl/α,β-unsaturated/α-hetero) is 1. The van der Waals surface area contributed by atoms with E-state index in [1.807, 2.05) is 7.05 Å². The van der Waals surface area contributed by atoms with E-state index in [2.05, 4.69) is 5.32 Å². The number of hydrogen-bond acceptors (Lipinski definition) is 5. The third-order valence-electron chi connectivity index (χ3n) is 4.08. The van der Waals surface area contributed by atoms with Gasteiger partial charge in [0.1, 0.15) is 17.4 Å². The Hall–Kier alpha value is -2.58. The number of rotatable bonds is 8. The third-order valence-corrected chi connectivity index (χ3v) is 5.39. The Kier molecular flexibility index (Phi) is 7.42. The second-order valence-corrected chi connectivity index (χ2v) is 7.54. The van der Waals surface area contributed by atoms with Crippen molar-refractivity contribution >= 4 is 34.0 Å². The number of benzene rings is 1. The van der Waals surface area contributed by atoms with Crippen LogP contribution in [0, 0.1) is 12.7 Å². The quantitative estimate of drug-likeness (QED) is 0.520. The summed E-state index contributed by atoms with van der Waals surface area (Å²) in [5, 5.41) is 3.06. The maximum Gasteiger partial charge on any atom is 0.341 e. The van der Waals surface area contributed by atoms with E-state index in [1.165, 1.54) is 19.1 Å². The van der Waals surface area contributed by atoms with Gasteiger partial charge in [0.15, 0.2) is 12.3 Å². The number of carbonyl (C=O) groups excluding carboxylic acids is 3. The Morgan fingerprint density at radius 2 is 1.86 bits per heavy atom. The summed E-state index contributed by atoms with van der Waals surface area (Å²) in [6.07, 6.45) is 0. The molecule has 0 saturated carbocycles. The fraction of sp³-hybridized carbons (Fsp3) is 0.350. The molecular weight excluding hydrogens is 383 g/mol. The lowest BCUT2D eigenvalue weighted by molar-refractivity contribution is -0.885. The van der Waals surface area contributed by atoms with Gasteiger partial charge < -0.3 is 15.0 Å². The summed E-state index contributed by atoms with van der Waals surface area (Å²) < 4.78 is 18.1. The molecule has 2 aromatic rings. The minimum Gasteiger partial charge on any atom is -0.462 e. The normalized spacial score (nSPS) is 11.8. The third kappa shape index (κ3) is 5.46. The molecule has 150 valence electrons.